The molecule has 3 nitrogen and oxygen atoms in total. The third-order valence-corrected chi connectivity index (χ3v) is 4.09. The molecule has 90 valence electrons. The van der Waals surface area contributed by atoms with Gasteiger partial charge in [-0.25, -0.2) is 4.98 Å². The van der Waals surface area contributed by atoms with Gasteiger partial charge < -0.3 is 10.6 Å². The van der Waals surface area contributed by atoms with E-state index in [4.69, 9.17) is 5.73 Å². The van der Waals surface area contributed by atoms with Crippen molar-refractivity contribution in [3.8, 4) is 0 Å². The Morgan fingerprint density at radius 3 is 2.82 bits per heavy atom. The highest BCUT2D eigenvalue weighted by Crippen LogP contribution is 2.25. The summed E-state index contributed by atoms with van der Waals surface area (Å²) >= 11 is 5.18. The molecule has 0 aliphatic heterocycles. The molecule has 0 spiro atoms. The van der Waals surface area contributed by atoms with Crippen LogP contribution in [0.25, 0.3) is 0 Å². The van der Waals surface area contributed by atoms with Crippen LogP contribution in [0.15, 0.2) is 28.2 Å². The standard InChI is InChI=1S/C12H14BrN3S/c1-8-3-11(14)12(15-5-8)16(2)6-10-4-9(13)7-17-10/h3-5,7H,6,14H2,1-2H3. The van der Waals surface area contributed by atoms with Crippen LogP contribution in [-0.2, 0) is 6.54 Å². The van der Waals surface area contributed by atoms with E-state index < -0.39 is 0 Å². The Morgan fingerprint density at radius 1 is 1.47 bits per heavy atom. The Morgan fingerprint density at radius 2 is 2.24 bits per heavy atom. The Labute approximate surface area is 113 Å². The molecule has 0 unspecified atom stereocenters. The van der Waals surface area contributed by atoms with Crippen molar-refractivity contribution >= 4 is 38.8 Å². The molecule has 0 saturated carbocycles. The molecular weight excluding hydrogens is 298 g/mol. The summed E-state index contributed by atoms with van der Waals surface area (Å²) in [7, 11) is 2.00. The number of hydrogen-bond acceptors (Lipinski definition) is 4. The fraction of sp³-hybridized carbons (Fsp3) is 0.250. The summed E-state index contributed by atoms with van der Waals surface area (Å²) < 4.78 is 1.12. The van der Waals surface area contributed by atoms with E-state index in [1.54, 1.807) is 11.3 Å². The lowest BCUT2D eigenvalue weighted by atomic mass is 10.2. The van der Waals surface area contributed by atoms with Crippen LogP contribution in [0.4, 0.5) is 11.5 Å². The van der Waals surface area contributed by atoms with Crippen LogP contribution < -0.4 is 10.6 Å². The number of aromatic nitrogens is 1. The number of thiophene rings is 1. The molecule has 0 bridgehead atoms. The molecule has 0 atom stereocenters. The summed E-state index contributed by atoms with van der Waals surface area (Å²) in [6.07, 6.45) is 1.84. The van der Waals surface area contributed by atoms with Gasteiger partial charge in [-0.3, -0.25) is 0 Å². The Balaban J connectivity index is 2.17. The van der Waals surface area contributed by atoms with E-state index in [1.807, 2.05) is 26.2 Å². The highest BCUT2D eigenvalue weighted by Gasteiger charge is 2.08. The van der Waals surface area contributed by atoms with Crippen molar-refractivity contribution in [1.29, 1.82) is 0 Å². The van der Waals surface area contributed by atoms with Crippen LogP contribution in [0.5, 0.6) is 0 Å². The first-order chi connectivity index (χ1) is 8.06. The second-order valence-corrected chi connectivity index (χ2v) is 5.92. The number of aryl methyl sites for hydroxylation is 1. The van der Waals surface area contributed by atoms with E-state index in [0.29, 0.717) is 0 Å². The second-order valence-electron chi connectivity index (χ2n) is 4.01. The van der Waals surface area contributed by atoms with Crippen molar-refractivity contribution in [3.63, 3.8) is 0 Å². The van der Waals surface area contributed by atoms with E-state index in [0.717, 1.165) is 28.1 Å². The minimum absolute atomic E-state index is 0.725. The predicted octanol–water partition coefficient (Wildman–Crippen LogP) is 3.43. The van der Waals surface area contributed by atoms with Gasteiger partial charge >= 0.3 is 0 Å². The van der Waals surface area contributed by atoms with E-state index in [1.165, 1.54) is 4.88 Å². The minimum Gasteiger partial charge on any atom is -0.396 e. The lowest BCUT2D eigenvalue weighted by Gasteiger charge is -2.19. The van der Waals surface area contributed by atoms with E-state index in [-0.39, 0.29) is 0 Å². The maximum absolute atomic E-state index is 5.97. The van der Waals surface area contributed by atoms with Crippen LogP contribution >= 0.6 is 27.3 Å². The minimum atomic E-state index is 0.725. The number of anilines is 2. The average Bonchev–Trinajstić information content (AvgIpc) is 2.63. The van der Waals surface area contributed by atoms with Gasteiger partial charge in [-0.1, -0.05) is 0 Å². The van der Waals surface area contributed by atoms with Crippen LogP contribution in [0.2, 0.25) is 0 Å². The normalized spacial score (nSPS) is 10.5. The molecule has 2 rings (SSSR count). The smallest absolute Gasteiger partial charge is 0.151 e. The predicted molar refractivity (Wildman–Crippen MR) is 77.5 cm³/mol. The third kappa shape index (κ3) is 2.98. The molecule has 0 amide bonds. The molecule has 2 heterocycles. The van der Waals surface area contributed by atoms with Crippen LogP contribution in [-0.4, -0.2) is 12.0 Å². The zero-order valence-corrected chi connectivity index (χ0v) is 12.2. The highest BCUT2D eigenvalue weighted by molar-refractivity contribution is 9.10. The van der Waals surface area contributed by atoms with Gasteiger partial charge in [0.2, 0.25) is 0 Å². The average molecular weight is 312 g/mol. The van der Waals surface area contributed by atoms with Gasteiger partial charge in [0.1, 0.15) is 0 Å². The van der Waals surface area contributed by atoms with Gasteiger partial charge in [0.25, 0.3) is 0 Å². The van der Waals surface area contributed by atoms with Gasteiger partial charge in [-0.15, -0.1) is 11.3 Å². The van der Waals surface area contributed by atoms with Crippen LogP contribution in [0.3, 0.4) is 0 Å². The second kappa shape index (κ2) is 5.06. The van der Waals surface area contributed by atoms with Crippen LogP contribution in [0, 0.1) is 6.92 Å². The Kier molecular flexibility index (Phi) is 3.69. The van der Waals surface area contributed by atoms with Crippen molar-refractivity contribution in [2.24, 2.45) is 0 Å². The number of rotatable bonds is 3. The van der Waals surface area contributed by atoms with Gasteiger partial charge in [0.15, 0.2) is 5.82 Å². The summed E-state index contributed by atoms with van der Waals surface area (Å²) in [6, 6.07) is 4.06. The first kappa shape index (κ1) is 12.4. The molecule has 0 radical (unpaired) electrons. The van der Waals surface area contributed by atoms with E-state index >= 15 is 0 Å². The molecule has 0 aliphatic rings. The zero-order valence-electron chi connectivity index (χ0n) is 9.77. The highest BCUT2D eigenvalue weighted by atomic mass is 79.9. The first-order valence-electron chi connectivity index (χ1n) is 5.22. The van der Waals surface area contributed by atoms with Crippen molar-refractivity contribution in [2.45, 2.75) is 13.5 Å². The first-order valence-corrected chi connectivity index (χ1v) is 6.89. The molecule has 17 heavy (non-hydrogen) atoms. The molecule has 0 fully saturated rings. The molecule has 0 aromatic carbocycles. The molecule has 2 aromatic rings. The molecule has 2 N–H and O–H groups in total. The number of nitrogen functional groups attached to an aromatic ring is 1. The number of nitrogens with zero attached hydrogens (tertiary/aromatic N) is 2. The summed E-state index contributed by atoms with van der Waals surface area (Å²) in [6.45, 7) is 2.81. The number of nitrogens with two attached hydrogens (primary N) is 1. The van der Waals surface area contributed by atoms with E-state index in [2.05, 4.69) is 37.3 Å². The number of hydrogen-bond donors (Lipinski definition) is 1. The Bertz CT molecular complexity index is 524. The number of pyridine rings is 1. The molecule has 2 aromatic heterocycles. The van der Waals surface area contributed by atoms with Gasteiger partial charge in [-0.05, 0) is 40.5 Å². The molecule has 0 saturated heterocycles. The summed E-state index contributed by atoms with van der Waals surface area (Å²) in [5.41, 5.74) is 7.78. The number of halogens is 1. The Hall–Kier alpha value is -1.07. The van der Waals surface area contributed by atoms with Crippen molar-refractivity contribution in [3.05, 3.63) is 38.6 Å². The van der Waals surface area contributed by atoms with Crippen molar-refractivity contribution < 1.29 is 0 Å². The summed E-state index contributed by atoms with van der Waals surface area (Å²) in [5.74, 6) is 0.833. The third-order valence-electron chi connectivity index (χ3n) is 2.41. The fourth-order valence-corrected chi connectivity index (χ4v) is 3.15. The van der Waals surface area contributed by atoms with Crippen molar-refractivity contribution in [2.75, 3.05) is 17.7 Å². The maximum Gasteiger partial charge on any atom is 0.151 e. The fourth-order valence-electron chi connectivity index (χ4n) is 1.65. The lowest BCUT2D eigenvalue weighted by Crippen LogP contribution is -2.18. The topological polar surface area (TPSA) is 42.2 Å². The molecular formula is C12H14BrN3S. The maximum atomic E-state index is 5.97. The van der Waals surface area contributed by atoms with E-state index in [9.17, 15) is 0 Å². The monoisotopic (exact) mass is 311 g/mol. The summed E-state index contributed by atoms with van der Waals surface area (Å²) in [4.78, 5) is 7.72. The van der Waals surface area contributed by atoms with Gasteiger partial charge in [0.05, 0.1) is 12.2 Å². The lowest BCUT2D eigenvalue weighted by molar-refractivity contribution is 0.913. The van der Waals surface area contributed by atoms with Crippen LogP contribution in [0.1, 0.15) is 10.4 Å². The zero-order chi connectivity index (χ0) is 12.4. The van der Waals surface area contributed by atoms with Gasteiger partial charge in [-0.2, -0.15) is 0 Å². The molecule has 5 heteroatoms. The van der Waals surface area contributed by atoms with Crippen molar-refractivity contribution in [1.82, 2.24) is 4.98 Å². The van der Waals surface area contributed by atoms with Gasteiger partial charge in [0, 0.05) is 28.0 Å². The quantitative estimate of drug-likeness (QED) is 0.944. The SMILES string of the molecule is Cc1cnc(N(C)Cc2cc(Br)cs2)c(N)c1. The largest absolute Gasteiger partial charge is 0.396 e. The molecule has 0 aliphatic carbocycles. The summed E-state index contributed by atoms with van der Waals surface area (Å²) in [5, 5.41) is 2.08.